The third-order valence-corrected chi connectivity index (χ3v) is 7.32. The summed E-state index contributed by atoms with van der Waals surface area (Å²) in [5.74, 6) is 0.399. The molecule has 1 aliphatic rings. The summed E-state index contributed by atoms with van der Waals surface area (Å²) in [7, 11) is 0. The maximum absolute atomic E-state index is 13.8. The molecule has 1 aliphatic carbocycles. The third kappa shape index (κ3) is 7.45. The van der Waals surface area contributed by atoms with Crippen LogP contribution in [0.5, 0.6) is 5.75 Å². The summed E-state index contributed by atoms with van der Waals surface area (Å²) in [5.41, 5.74) is 4.12. The van der Waals surface area contributed by atoms with Gasteiger partial charge in [0, 0.05) is 19.0 Å². The highest BCUT2D eigenvalue weighted by Gasteiger charge is 2.32. The monoisotopic (exact) mass is 498 g/mol. The van der Waals surface area contributed by atoms with Crippen LogP contribution in [0.3, 0.4) is 0 Å². The Bertz CT molecular complexity index is 1160. The number of nitrogens with zero attached hydrogens (tertiary/aromatic N) is 1. The summed E-state index contributed by atoms with van der Waals surface area (Å²) >= 11 is 0. The van der Waals surface area contributed by atoms with E-state index in [0.29, 0.717) is 18.7 Å². The van der Waals surface area contributed by atoms with Gasteiger partial charge in [0.25, 0.3) is 5.91 Å². The molecule has 1 N–H and O–H groups in total. The normalized spacial score (nSPS) is 14.5. The molecule has 3 aromatic rings. The van der Waals surface area contributed by atoms with Crippen LogP contribution in [0.15, 0.2) is 78.9 Å². The van der Waals surface area contributed by atoms with Crippen LogP contribution in [0.2, 0.25) is 0 Å². The number of rotatable bonds is 10. The van der Waals surface area contributed by atoms with Gasteiger partial charge in [0.2, 0.25) is 5.91 Å². The number of carbonyl (C=O) groups excluding carboxylic acids is 2. The fourth-order valence-electron chi connectivity index (χ4n) is 4.98. The second kappa shape index (κ2) is 13.1. The van der Waals surface area contributed by atoms with Crippen molar-refractivity contribution in [2.45, 2.75) is 71.0 Å². The number of carbonyl (C=O) groups is 2. The molecule has 0 saturated heterocycles. The second-order valence-corrected chi connectivity index (χ2v) is 10.0. The first-order chi connectivity index (χ1) is 18.0. The van der Waals surface area contributed by atoms with Crippen molar-refractivity contribution >= 4 is 11.8 Å². The minimum Gasteiger partial charge on any atom is -0.483 e. The zero-order valence-corrected chi connectivity index (χ0v) is 22.0. The molecule has 1 unspecified atom stereocenters. The quantitative estimate of drug-likeness (QED) is 0.386. The van der Waals surface area contributed by atoms with Crippen molar-refractivity contribution in [3.05, 3.63) is 101 Å². The van der Waals surface area contributed by atoms with Crippen molar-refractivity contribution in [2.75, 3.05) is 6.61 Å². The predicted molar refractivity (Wildman–Crippen MR) is 147 cm³/mol. The number of nitrogens with one attached hydrogen (secondary N) is 1. The van der Waals surface area contributed by atoms with E-state index < -0.39 is 6.04 Å². The molecule has 0 aromatic heterocycles. The van der Waals surface area contributed by atoms with Gasteiger partial charge in [0.15, 0.2) is 6.61 Å². The molecule has 1 fully saturated rings. The van der Waals surface area contributed by atoms with Crippen LogP contribution in [-0.2, 0) is 22.6 Å². The highest BCUT2D eigenvalue weighted by Crippen LogP contribution is 2.22. The molecule has 0 heterocycles. The van der Waals surface area contributed by atoms with E-state index in [9.17, 15) is 9.59 Å². The zero-order valence-electron chi connectivity index (χ0n) is 22.0. The van der Waals surface area contributed by atoms with Crippen molar-refractivity contribution in [1.29, 1.82) is 0 Å². The zero-order chi connectivity index (χ0) is 26.0. The average molecular weight is 499 g/mol. The first-order valence-corrected chi connectivity index (χ1v) is 13.4. The van der Waals surface area contributed by atoms with Crippen molar-refractivity contribution in [3.8, 4) is 5.75 Å². The van der Waals surface area contributed by atoms with Gasteiger partial charge in [-0.05, 0) is 55.0 Å². The summed E-state index contributed by atoms with van der Waals surface area (Å²) in [6, 6.07) is 25.1. The van der Waals surface area contributed by atoms with Gasteiger partial charge in [-0.3, -0.25) is 9.59 Å². The van der Waals surface area contributed by atoms with Gasteiger partial charge in [-0.25, -0.2) is 0 Å². The number of ether oxygens (including phenoxy) is 1. The van der Waals surface area contributed by atoms with Crippen LogP contribution in [0, 0.1) is 13.8 Å². The van der Waals surface area contributed by atoms with Gasteiger partial charge in [-0.15, -0.1) is 0 Å². The molecular weight excluding hydrogens is 460 g/mol. The van der Waals surface area contributed by atoms with Gasteiger partial charge < -0.3 is 15.0 Å². The lowest BCUT2D eigenvalue weighted by molar-refractivity contribution is -0.143. The summed E-state index contributed by atoms with van der Waals surface area (Å²) in [6.07, 6.45) is 5.91. The molecule has 3 aromatic carbocycles. The van der Waals surface area contributed by atoms with E-state index >= 15 is 0 Å². The van der Waals surface area contributed by atoms with Gasteiger partial charge in [-0.2, -0.15) is 0 Å². The first-order valence-electron chi connectivity index (χ1n) is 13.4. The minimum atomic E-state index is -0.640. The Morgan fingerprint density at radius 3 is 2.19 bits per heavy atom. The number of aryl methyl sites for hydroxylation is 1. The Morgan fingerprint density at radius 2 is 1.51 bits per heavy atom. The Labute approximate surface area is 220 Å². The van der Waals surface area contributed by atoms with E-state index in [4.69, 9.17) is 4.74 Å². The van der Waals surface area contributed by atoms with Crippen molar-refractivity contribution in [1.82, 2.24) is 10.2 Å². The molecule has 0 radical (unpaired) electrons. The number of amides is 2. The number of hydrogen-bond donors (Lipinski definition) is 1. The molecule has 0 aliphatic heterocycles. The Hall–Kier alpha value is -3.60. The molecule has 5 heteroatoms. The highest BCUT2D eigenvalue weighted by molar-refractivity contribution is 5.88. The molecular formula is C32H38N2O3. The summed E-state index contributed by atoms with van der Waals surface area (Å²) in [4.78, 5) is 29.2. The van der Waals surface area contributed by atoms with E-state index in [1.807, 2.05) is 92.7 Å². The summed E-state index contributed by atoms with van der Waals surface area (Å²) in [6.45, 7) is 4.23. The van der Waals surface area contributed by atoms with E-state index in [1.165, 1.54) is 6.42 Å². The molecule has 1 saturated carbocycles. The topological polar surface area (TPSA) is 58.6 Å². The van der Waals surface area contributed by atoms with Crippen LogP contribution < -0.4 is 10.1 Å². The van der Waals surface area contributed by atoms with Crippen LogP contribution in [0.4, 0.5) is 0 Å². The standard InChI is InChI=1S/C32H38N2O3/c1-24-13-12-20-30(25(24)2)37-23-31(35)34(22-27-16-8-4-9-17-27)29(21-26-14-6-3-7-15-26)32(36)33-28-18-10-5-11-19-28/h3-4,6-9,12-17,20,28-29H,5,10-11,18-19,21-23H2,1-2H3,(H,33,36). The highest BCUT2D eigenvalue weighted by atomic mass is 16.5. The molecule has 2 amide bonds. The molecule has 194 valence electrons. The molecule has 0 bridgehead atoms. The largest absolute Gasteiger partial charge is 0.483 e. The van der Waals surface area contributed by atoms with Gasteiger partial charge >= 0.3 is 0 Å². The van der Waals surface area contributed by atoms with Crippen molar-refractivity contribution < 1.29 is 14.3 Å². The maximum atomic E-state index is 13.8. The van der Waals surface area contributed by atoms with Crippen molar-refractivity contribution in [3.63, 3.8) is 0 Å². The Balaban J connectivity index is 1.60. The SMILES string of the molecule is Cc1cccc(OCC(=O)N(Cc2ccccc2)C(Cc2ccccc2)C(=O)NC2CCCCC2)c1C. The van der Waals surface area contributed by atoms with Crippen LogP contribution in [0.1, 0.15) is 54.4 Å². The van der Waals surface area contributed by atoms with Gasteiger partial charge in [0.05, 0.1) is 0 Å². The van der Waals surface area contributed by atoms with E-state index in [2.05, 4.69) is 5.32 Å². The summed E-state index contributed by atoms with van der Waals surface area (Å²) in [5, 5.41) is 3.28. The lowest BCUT2D eigenvalue weighted by Crippen LogP contribution is -2.53. The number of hydrogen-bond acceptors (Lipinski definition) is 3. The molecule has 5 nitrogen and oxygen atoms in total. The lowest BCUT2D eigenvalue weighted by atomic mass is 9.94. The van der Waals surface area contributed by atoms with Crippen LogP contribution in [0.25, 0.3) is 0 Å². The van der Waals surface area contributed by atoms with Gasteiger partial charge in [-0.1, -0.05) is 92.1 Å². The molecule has 4 rings (SSSR count). The average Bonchev–Trinajstić information content (AvgIpc) is 2.93. The summed E-state index contributed by atoms with van der Waals surface area (Å²) < 4.78 is 6.01. The molecule has 1 atom stereocenters. The lowest BCUT2D eigenvalue weighted by Gasteiger charge is -2.33. The second-order valence-electron chi connectivity index (χ2n) is 10.0. The van der Waals surface area contributed by atoms with Crippen LogP contribution in [-0.4, -0.2) is 35.4 Å². The third-order valence-electron chi connectivity index (χ3n) is 7.32. The van der Waals surface area contributed by atoms with E-state index in [1.54, 1.807) is 4.90 Å². The molecule has 37 heavy (non-hydrogen) atoms. The van der Waals surface area contributed by atoms with Crippen LogP contribution >= 0.6 is 0 Å². The smallest absolute Gasteiger partial charge is 0.261 e. The fourth-order valence-corrected chi connectivity index (χ4v) is 4.98. The minimum absolute atomic E-state index is 0.0910. The predicted octanol–water partition coefficient (Wildman–Crippen LogP) is 5.77. The van der Waals surface area contributed by atoms with Crippen molar-refractivity contribution in [2.24, 2.45) is 0 Å². The van der Waals surface area contributed by atoms with E-state index in [0.717, 1.165) is 47.9 Å². The van der Waals surface area contributed by atoms with E-state index in [-0.39, 0.29) is 24.5 Å². The molecule has 0 spiro atoms. The Morgan fingerprint density at radius 1 is 0.865 bits per heavy atom. The Kier molecular flexibility index (Phi) is 9.36. The first kappa shape index (κ1) is 26.5. The fraction of sp³-hybridized carbons (Fsp3) is 0.375. The number of benzene rings is 3. The maximum Gasteiger partial charge on any atom is 0.261 e. The van der Waals surface area contributed by atoms with Gasteiger partial charge in [0.1, 0.15) is 11.8 Å².